The number of hydrogen-bond acceptors (Lipinski definition) is 4. The number of carbonyl (C=O) groups is 1. The third-order valence-electron chi connectivity index (χ3n) is 6.72. The molecule has 1 aliphatic heterocycles. The fourth-order valence-electron chi connectivity index (χ4n) is 4.47. The summed E-state index contributed by atoms with van der Waals surface area (Å²) in [6, 6.07) is 15.5. The molecule has 0 radical (unpaired) electrons. The van der Waals surface area contributed by atoms with Crippen LogP contribution in [0.25, 0.3) is 0 Å². The van der Waals surface area contributed by atoms with Crippen LogP contribution in [0.4, 0.5) is 4.79 Å². The largest absolute Gasteiger partial charge is 0.493 e. The molecule has 0 bridgehead atoms. The first-order chi connectivity index (χ1) is 14.3. The lowest BCUT2D eigenvalue weighted by atomic mass is 9.69. The number of methoxy groups -OCH3 is 1. The van der Waals surface area contributed by atoms with Crippen LogP contribution in [0.15, 0.2) is 48.5 Å². The van der Waals surface area contributed by atoms with E-state index in [2.05, 4.69) is 12.1 Å². The highest BCUT2D eigenvalue weighted by Crippen LogP contribution is 2.50. The van der Waals surface area contributed by atoms with E-state index in [9.17, 15) is 15.0 Å². The van der Waals surface area contributed by atoms with Gasteiger partial charge >= 0.3 is 6.09 Å². The van der Waals surface area contributed by atoms with Gasteiger partial charge in [-0.1, -0.05) is 43.3 Å². The van der Waals surface area contributed by atoms with Crippen molar-refractivity contribution in [1.82, 2.24) is 4.90 Å². The molecule has 0 spiro atoms. The highest BCUT2D eigenvalue weighted by molar-refractivity contribution is 5.66. The number of aliphatic hydroxyl groups is 1. The quantitative estimate of drug-likeness (QED) is 0.712. The molecule has 1 saturated heterocycles. The molecule has 1 fully saturated rings. The average molecular weight is 414 g/mol. The van der Waals surface area contributed by atoms with Crippen LogP contribution >= 0.6 is 0 Å². The minimum atomic E-state index is -0.968. The lowest BCUT2D eigenvalue weighted by Gasteiger charge is -2.38. The third kappa shape index (κ3) is 4.10. The molecule has 6 heteroatoms. The van der Waals surface area contributed by atoms with E-state index in [1.165, 1.54) is 10.5 Å². The number of aliphatic hydroxyl groups excluding tert-OH is 1. The monoisotopic (exact) mass is 413 g/mol. The first-order valence-corrected chi connectivity index (χ1v) is 10.3. The van der Waals surface area contributed by atoms with Gasteiger partial charge in [-0.15, -0.1) is 0 Å². The molecule has 0 aromatic heterocycles. The zero-order valence-electron chi connectivity index (χ0n) is 18.0. The van der Waals surface area contributed by atoms with E-state index < -0.39 is 17.6 Å². The number of hydrogen-bond donors (Lipinski definition) is 2. The van der Waals surface area contributed by atoms with Gasteiger partial charge in [0.2, 0.25) is 0 Å². The van der Waals surface area contributed by atoms with Gasteiger partial charge in [-0.3, -0.25) is 0 Å². The second kappa shape index (κ2) is 8.96. The Bertz CT molecular complexity index is 869. The Morgan fingerprint density at radius 2 is 1.93 bits per heavy atom. The molecule has 2 aromatic rings. The average Bonchev–Trinajstić information content (AvgIpc) is 3.01. The fourth-order valence-corrected chi connectivity index (χ4v) is 4.47. The first-order valence-electron chi connectivity index (χ1n) is 10.3. The number of amides is 1. The summed E-state index contributed by atoms with van der Waals surface area (Å²) in [5, 5.41) is 20.2. The molecule has 1 unspecified atom stereocenters. The summed E-state index contributed by atoms with van der Waals surface area (Å²) in [4.78, 5) is 13.2. The Kier molecular flexibility index (Phi) is 6.56. The summed E-state index contributed by atoms with van der Waals surface area (Å²) in [5.41, 5.74) is 1.51. The van der Waals surface area contributed by atoms with Gasteiger partial charge in [0.15, 0.2) is 11.5 Å². The van der Waals surface area contributed by atoms with Gasteiger partial charge in [0.1, 0.15) is 0 Å². The Morgan fingerprint density at radius 3 is 2.53 bits per heavy atom. The van der Waals surface area contributed by atoms with Gasteiger partial charge in [-0.25, -0.2) is 4.79 Å². The number of likely N-dealkylation sites (tertiary alicyclic amines) is 1. The molecule has 30 heavy (non-hydrogen) atoms. The molecule has 162 valence electrons. The van der Waals surface area contributed by atoms with Gasteiger partial charge in [0.25, 0.3) is 0 Å². The molecule has 1 aliphatic rings. The Labute approximate surface area is 178 Å². The maximum atomic E-state index is 11.7. The highest BCUT2D eigenvalue weighted by Gasteiger charge is 2.53. The molecule has 0 aliphatic carbocycles. The van der Waals surface area contributed by atoms with Gasteiger partial charge in [-0.2, -0.15) is 0 Å². The van der Waals surface area contributed by atoms with Crippen LogP contribution in [0.5, 0.6) is 11.5 Å². The third-order valence-corrected chi connectivity index (χ3v) is 6.72. The summed E-state index contributed by atoms with van der Waals surface area (Å²) in [6.07, 6.45) is -0.872. The normalized spacial score (nSPS) is 24.5. The maximum Gasteiger partial charge on any atom is 0.407 e. The standard InChI is InChI=1S/C24H31NO5/c1-16-24(3,17(2)26)20(15-25(16)23(27)28)19-10-11-21(29-4)22(14-19)30-13-12-18-8-6-5-7-9-18/h5-11,14,16-17,20,26H,12-13,15H2,1-4H3,(H,27,28)/t16?,17-,20-,24-/m0/s1. The lowest BCUT2D eigenvalue weighted by molar-refractivity contribution is 0.0204. The van der Waals surface area contributed by atoms with E-state index in [-0.39, 0.29) is 12.0 Å². The van der Waals surface area contributed by atoms with E-state index in [4.69, 9.17) is 9.47 Å². The van der Waals surface area contributed by atoms with Crippen molar-refractivity contribution in [3.8, 4) is 11.5 Å². The number of carboxylic acid groups (broad SMARTS) is 1. The van der Waals surface area contributed by atoms with E-state index in [0.717, 1.165) is 12.0 Å². The Hall–Kier alpha value is -2.73. The topological polar surface area (TPSA) is 79.2 Å². The molecular weight excluding hydrogens is 382 g/mol. The van der Waals surface area contributed by atoms with Crippen LogP contribution in [0, 0.1) is 5.41 Å². The summed E-state index contributed by atoms with van der Waals surface area (Å²) >= 11 is 0. The SMILES string of the molecule is COc1ccc([C@@H]2CN(C(=O)O)C(C)[C@@]2(C)[C@H](C)O)cc1OCCc1ccccc1. The van der Waals surface area contributed by atoms with Crippen LogP contribution < -0.4 is 9.47 Å². The molecule has 3 rings (SSSR count). The van der Waals surface area contributed by atoms with Crippen LogP contribution in [0.1, 0.15) is 37.8 Å². The van der Waals surface area contributed by atoms with Crippen molar-refractivity contribution in [3.63, 3.8) is 0 Å². The van der Waals surface area contributed by atoms with Crippen molar-refractivity contribution in [2.24, 2.45) is 5.41 Å². The predicted octanol–water partition coefficient (Wildman–Crippen LogP) is 4.17. The van der Waals surface area contributed by atoms with Crippen molar-refractivity contribution in [1.29, 1.82) is 0 Å². The lowest BCUT2D eigenvalue weighted by Crippen LogP contribution is -2.45. The summed E-state index contributed by atoms with van der Waals surface area (Å²) < 4.78 is 11.5. The van der Waals surface area contributed by atoms with Crippen molar-refractivity contribution >= 4 is 6.09 Å². The van der Waals surface area contributed by atoms with Crippen LogP contribution in [-0.4, -0.2) is 53.6 Å². The first kappa shape index (κ1) is 22.0. The van der Waals surface area contributed by atoms with Crippen molar-refractivity contribution < 1.29 is 24.5 Å². The predicted molar refractivity (Wildman–Crippen MR) is 115 cm³/mol. The Balaban J connectivity index is 1.86. The van der Waals surface area contributed by atoms with Crippen molar-refractivity contribution in [2.75, 3.05) is 20.3 Å². The van der Waals surface area contributed by atoms with Gasteiger partial charge in [-0.05, 0) is 37.1 Å². The molecule has 4 atom stereocenters. The summed E-state index contributed by atoms with van der Waals surface area (Å²) in [6.45, 7) is 6.38. The van der Waals surface area contributed by atoms with Crippen LogP contribution in [-0.2, 0) is 6.42 Å². The smallest absolute Gasteiger partial charge is 0.407 e. The van der Waals surface area contributed by atoms with E-state index in [1.807, 2.05) is 50.2 Å². The zero-order valence-corrected chi connectivity index (χ0v) is 18.0. The van der Waals surface area contributed by atoms with Gasteiger partial charge < -0.3 is 24.6 Å². The van der Waals surface area contributed by atoms with Crippen LogP contribution in [0.3, 0.4) is 0 Å². The fraction of sp³-hybridized carbons (Fsp3) is 0.458. The molecule has 6 nitrogen and oxygen atoms in total. The van der Waals surface area contributed by atoms with Crippen molar-refractivity contribution in [2.45, 2.75) is 45.3 Å². The molecule has 2 N–H and O–H groups in total. The van der Waals surface area contributed by atoms with E-state index in [0.29, 0.717) is 24.7 Å². The highest BCUT2D eigenvalue weighted by atomic mass is 16.5. The minimum Gasteiger partial charge on any atom is -0.493 e. The van der Waals surface area contributed by atoms with Gasteiger partial charge in [0.05, 0.1) is 19.8 Å². The maximum absolute atomic E-state index is 11.7. The second-order valence-corrected chi connectivity index (χ2v) is 8.20. The van der Waals surface area contributed by atoms with Gasteiger partial charge in [0, 0.05) is 30.3 Å². The molecule has 0 saturated carbocycles. The molecule has 1 heterocycles. The Morgan fingerprint density at radius 1 is 1.23 bits per heavy atom. The second-order valence-electron chi connectivity index (χ2n) is 8.20. The number of benzene rings is 2. The molecular formula is C24H31NO5. The zero-order chi connectivity index (χ0) is 21.9. The summed E-state index contributed by atoms with van der Waals surface area (Å²) in [7, 11) is 1.60. The van der Waals surface area contributed by atoms with Crippen LogP contribution in [0.2, 0.25) is 0 Å². The minimum absolute atomic E-state index is 0.161. The number of rotatable bonds is 7. The van der Waals surface area contributed by atoms with E-state index in [1.54, 1.807) is 14.0 Å². The molecule has 1 amide bonds. The summed E-state index contributed by atoms with van der Waals surface area (Å²) in [5.74, 6) is 1.10. The van der Waals surface area contributed by atoms with E-state index >= 15 is 0 Å². The molecule has 2 aromatic carbocycles. The van der Waals surface area contributed by atoms with Crippen molar-refractivity contribution in [3.05, 3.63) is 59.7 Å². The number of ether oxygens (including phenoxy) is 2. The number of nitrogens with zero attached hydrogens (tertiary/aromatic N) is 1.